The Labute approximate surface area is 135 Å². The van der Waals surface area contributed by atoms with Crippen molar-refractivity contribution in [1.82, 2.24) is 9.78 Å². The molecule has 8 heteroatoms. The molecular weight excluding hydrogens is 405 g/mol. The molecule has 0 fully saturated rings. The first kappa shape index (κ1) is 15.7. The van der Waals surface area contributed by atoms with Gasteiger partial charge in [-0.15, -0.1) is 0 Å². The molecule has 0 radical (unpaired) electrons. The molecular formula is C13H10IN3O3S. The Morgan fingerprint density at radius 1 is 1.33 bits per heavy atom. The first-order valence-corrected chi connectivity index (χ1v) is 8.61. The Kier molecular flexibility index (Phi) is 4.74. The fourth-order valence-corrected chi connectivity index (χ4v) is 3.30. The molecule has 0 saturated heterocycles. The quantitative estimate of drug-likeness (QED) is 0.700. The number of aromatic nitrogens is 2. The standard InChI is InChI=1S/C13H10IN3O3S/c14-11-7-13(18)17(16-9-11)4-5-21(19,20)12-3-1-2-10(6-12)8-15/h1-3,6-7,9H,4-5H2. The second-order valence-electron chi connectivity index (χ2n) is 4.19. The zero-order valence-electron chi connectivity index (χ0n) is 10.7. The lowest BCUT2D eigenvalue weighted by molar-refractivity contribution is 0.570. The van der Waals surface area contributed by atoms with E-state index in [4.69, 9.17) is 5.26 Å². The third-order valence-corrected chi connectivity index (χ3v) is 5.01. The summed E-state index contributed by atoms with van der Waals surface area (Å²) < 4.78 is 26.2. The molecule has 0 amide bonds. The predicted octanol–water partition coefficient (Wildman–Crippen LogP) is 1.19. The lowest BCUT2D eigenvalue weighted by atomic mass is 10.2. The van der Waals surface area contributed by atoms with Crippen LogP contribution >= 0.6 is 22.6 Å². The van der Waals surface area contributed by atoms with Crippen molar-refractivity contribution in [2.45, 2.75) is 11.4 Å². The van der Waals surface area contributed by atoms with E-state index in [2.05, 4.69) is 5.10 Å². The van der Waals surface area contributed by atoms with Gasteiger partial charge < -0.3 is 0 Å². The number of benzene rings is 1. The lowest BCUT2D eigenvalue weighted by Gasteiger charge is -2.06. The topological polar surface area (TPSA) is 92.8 Å². The Hall–Kier alpha value is -1.73. The van der Waals surface area contributed by atoms with Crippen LogP contribution in [0.5, 0.6) is 0 Å². The number of hydrogen-bond donors (Lipinski definition) is 0. The van der Waals surface area contributed by atoms with Crippen molar-refractivity contribution in [3.63, 3.8) is 0 Å². The molecule has 2 aromatic rings. The van der Waals surface area contributed by atoms with Crippen LogP contribution in [0, 0.1) is 14.9 Å². The third kappa shape index (κ3) is 3.89. The number of sulfone groups is 1. The van der Waals surface area contributed by atoms with E-state index in [9.17, 15) is 13.2 Å². The smallest absolute Gasteiger partial charge is 0.267 e. The van der Waals surface area contributed by atoms with Gasteiger partial charge in [0.05, 0.1) is 35.0 Å². The number of nitrogens with zero attached hydrogens (tertiary/aromatic N) is 3. The number of halogens is 1. The summed E-state index contributed by atoms with van der Waals surface area (Å²) in [7, 11) is -3.57. The molecule has 1 heterocycles. The number of nitriles is 1. The third-order valence-electron chi connectivity index (χ3n) is 2.73. The highest BCUT2D eigenvalue weighted by molar-refractivity contribution is 14.1. The fraction of sp³-hybridized carbons (Fsp3) is 0.154. The van der Waals surface area contributed by atoms with Gasteiger partial charge in [-0.25, -0.2) is 13.1 Å². The molecule has 0 aliphatic heterocycles. The van der Waals surface area contributed by atoms with Gasteiger partial charge >= 0.3 is 0 Å². The molecule has 6 nitrogen and oxygen atoms in total. The molecule has 0 atom stereocenters. The van der Waals surface area contributed by atoms with Gasteiger partial charge in [0.25, 0.3) is 5.56 Å². The van der Waals surface area contributed by atoms with Crippen LogP contribution in [0.1, 0.15) is 5.56 Å². The van der Waals surface area contributed by atoms with Crippen molar-refractivity contribution in [3.8, 4) is 6.07 Å². The fourth-order valence-electron chi connectivity index (χ4n) is 1.66. The molecule has 21 heavy (non-hydrogen) atoms. The Morgan fingerprint density at radius 3 is 2.76 bits per heavy atom. The summed E-state index contributed by atoms with van der Waals surface area (Å²) in [5.41, 5.74) is -0.0662. The molecule has 0 bridgehead atoms. The van der Waals surface area contributed by atoms with Crippen LogP contribution in [0.4, 0.5) is 0 Å². The van der Waals surface area contributed by atoms with Gasteiger partial charge in [0.1, 0.15) is 0 Å². The van der Waals surface area contributed by atoms with Crippen molar-refractivity contribution in [2.24, 2.45) is 0 Å². The molecule has 0 spiro atoms. The van der Waals surface area contributed by atoms with Gasteiger partial charge in [0.2, 0.25) is 0 Å². The normalized spacial score (nSPS) is 11.0. The highest BCUT2D eigenvalue weighted by Crippen LogP contribution is 2.13. The first-order valence-electron chi connectivity index (χ1n) is 5.88. The molecule has 2 rings (SSSR count). The maximum Gasteiger partial charge on any atom is 0.267 e. The zero-order chi connectivity index (χ0) is 15.5. The lowest BCUT2D eigenvalue weighted by Crippen LogP contribution is -2.26. The van der Waals surface area contributed by atoms with Gasteiger partial charge in [-0.1, -0.05) is 6.07 Å². The van der Waals surface area contributed by atoms with E-state index in [1.807, 2.05) is 28.7 Å². The van der Waals surface area contributed by atoms with Crippen LogP contribution < -0.4 is 5.56 Å². The van der Waals surface area contributed by atoms with Crippen LogP contribution in [0.3, 0.4) is 0 Å². The molecule has 0 aliphatic rings. The average molecular weight is 415 g/mol. The van der Waals surface area contributed by atoms with E-state index in [1.165, 1.54) is 36.5 Å². The van der Waals surface area contributed by atoms with E-state index in [0.717, 1.165) is 4.68 Å². The van der Waals surface area contributed by atoms with E-state index < -0.39 is 9.84 Å². The summed E-state index contributed by atoms with van der Waals surface area (Å²) in [4.78, 5) is 11.7. The second kappa shape index (κ2) is 6.36. The van der Waals surface area contributed by atoms with E-state index in [0.29, 0.717) is 3.57 Å². The van der Waals surface area contributed by atoms with Gasteiger partial charge in [-0.05, 0) is 40.8 Å². The molecule has 1 aromatic carbocycles. The minimum atomic E-state index is -3.57. The summed E-state index contributed by atoms with van der Waals surface area (Å²) in [6.07, 6.45) is 1.49. The highest BCUT2D eigenvalue weighted by atomic mass is 127. The van der Waals surface area contributed by atoms with E-state index in [-0.39, 0.29) is 28.3 Å². The monoisotopic (exact) mass is 415 g/mol. The van der Waals surface area contributed by atoms with Gasteiger partial charge in [0.15, 0.2) is 9.84 Å². The minimum Gasteiger partial charge on any atom is -0.268 e. The van der Waals surface area contributed by atoms with Crippen LogP contribution in [0.2, 0.25) is 0 Å². The molecule has 0 N–H and O–H groups in total. The van der Waals surface area contributed by atoms with Crippen molar-refractivity contribution in [2.75, 3.05) is 5.75 Å². The van der Waals surface area contributed by atoms with Crippen LogP contribution in [0.25, 0.3) is 0 Å². The van der Waals surface area contributed by atoms with Crippen LogP contribution in [0.15, 0.2) is 46.2 Å². The van der Waals surface area contributed by atoms with Crippen LogP contribution in [-0.4, -0.2) is 24.0 Å². The maximum absolute atomic E-state index is 12.2. The SMILES string of the molecule is N#Cc1cccc(S(=O)(=O)CCn2ncc(I)cc2=O)c1. The molecule has 1 aromatic heterocycles. The average Bonchev–Trinajstić information content (AvgIpc) is 2.46. The maximum atomic E-state index is 12.2. The van der Waals surface area contributed by atoms with Crippen LogP contribution in [-0.2, 0) is 16.4 Å². The Morgan fingerprint density at radius 2 is 2.10 bits per heavy atom. The summed E-state index contributed by atoms with van der Waals surface area (Å²) in [6, 6.07) is 9.08. The van der Waals surface area contributed by atoms with Gasteiger partial charge in [0, 0.05) is 9.64 Å². The number of hydrogen-bond acceptors (Lipinski definition) is 5. The Balaban J connectivity index is 2.22. The summed E-state index contributed by atoms with van der Waals surface area (Å²) in [6.45, 7) is -0.0329. The van der Waals surface area contributed by atoms with Crippen molar-refractivity contribution in [1.29, 1.82) is 5.26 Å². The van der Waals surface area contributed by atoms with Gasteiger partial charge in [-0.2, -0.15) is 10.4 Å². The highest BCUT2D eigenvalue weighted by Gasteiger charge is 2.15. The first-order chi connectivity index (χ1) is 9.92. The van der Waals surface area contributed by atoms with Gasteiger partial charge in [-0.3, -0.25) is 4.79 Å². The zero-order valence-corrected chi connectivity index (χ0v) is 13.7. The van der Waals surface area contributed by atoms with E-state index >= 15 is 0 Å². The summed E-state index contributed by atoms with van der Waals surface area (Å²) in [5.74, 6) is -0.255. The minimum absolute atomic E-state index is 0.0329. The summed E-state index contributed by atoms with van der Waals surface area (Å²) in [5, 5.41) is 12.7. The number of aryl methyl sites for hydroxylation is 1. The van der Waals surface area contributed by atoms with E-state index in [1.54, 1.807) is 0 Å². The molecule has 0 unspecified atom stereocenters. The number of rotatable bonds is 4. The summed E-state index contributed by atoms with van der Waals surface area (Å²) >= 11 is 1.96. The molecule has 0 aliphatic carbocycles. The van der Waals surface area contributed by atoms with Crippen molar-refractivity contribution < 1.29 is 8.42 Å². The van der Waals surface area contributed by atoms with Crippen molar-refractivity contribution >= 4 is 32.4 Å². The van der Waals surface area contributed by atoms with Crippen molar-refractivity contribution in [3.05, 3.63) is 56.0 Å². The molecule has 0 saturated carbocycles. The predicted molar refractivity (Wildman–Crippen MR) is 84.4 cm³/mol. The second-order valence-corrected chi connectivity index (χ2v) is 7.55. The molecule has 108 valence electrons. The Bertz CT molecular complexity index is 869. The largest absolute Gasteiger partial charge is 0.268 e.